The normalized spacial score (nSPS) is 43.5. The molecule has 2 heterocycles. The first-order valence-corrected chi connectivity index (χ1v) is 3.41. The van der Waals surface area contributed by atoms with Gasteiger partial charge in [-0.3, -0.25) is 9.79 Å². The van der Waals surface area contributed by atoms with E-state index in [1.165, 1.54) is 0 Å². The predicted octanol–water partition coefficient (Wildman–Crippen LogP) is 0.265. The molecule has 0 aromatic rings. The number of β-lactam (4-membered cyclic amide) rings is 1. The third-order valence-corrected chi connectivity index (χ3v) is 2.62. The third-order valence-electron chi connectivity index (χ3n) is 2.62. The van der Waals surface area contributed by atoms with Crippen molar-refractivity contribution in [1.82, 2.24) is 4.90 Å². The summed E-state index contributed by atoms with van der Waals surface area (Å²) in [5.74, 6) is 0.326. The number of carbonyl (C=O) groups is 1. The van der Waals surface area contributed by atoms with Gasteiger partial charge in [0.15, 0.2) is 0 Å². The van der Waals surface area contributed by atoms with Gasteiger partial charge in [-0.1, -0.05) is 0 Å². The maximum absolute atomic E-state index is 11.1. The van der Waals surface area contributed by atoms with Gasteiger partial charge in [-0.15, -0.1) is 0 Å². The lowest BCUT2D eigenvalue weighted by atomic mass is 9.74. The summed E-state index contributed by atoms with van der Waals surface area (Å²) in [4.78, 5) is 17.1. The Kier molecular flexibility index (Phi) is 0.743. The molecule has 0 aromatic heterocycles. The minimum atomic E-state index is -0.166. The van der Waals surface area contributed by atoms with E-state index in [2.05, 4.69) is 4.99 Å². The van der Waals surface area contributed by atoms with Gasteiger partial charge in [0.25, 0.3) is 0 Å². The Hall–Kier alpha value is -0.860. The molecule has 1 saturated heterocycles. The van der Waals surface area contributed by atoms with Crippen LogP contribution in [0.3, 0.4) is 0 Å². The lowest BCUT2D eigenvalue weighted by Crippen LogP contribution is -2.74. The summed E-state index contributed by atoms with van der Waals surface area (Å²) in [5, 5.41) is 0. The monoisotopic (exact) mass is 138 g/mol. The quantitative estimate of drug-likeness (QED) is 0.442. The van der Waals surface area contributed by atoms with E-state index in [4.69, 9.17) is 0 Å². The van der Waals surface area contributed by atoms with E-state index in [0.29, 0.717) is 0 Å². The molecular weight excluding hydrogens is 128 g/mol. The van der Waals surface area contributed by atoms with Crippen LogP contribution in [-0.2, 0) is 4.79 Å². The van der Waals surface area contributed by atoms with Gasteiger partial charge in [0.1, 0.15) is 11.6 Å². The van der Waals surface area contributed by atoms with E-state index in [0.717, 1.165) is 5.71 Å². The number of fused-ring (bicyclic) bond motifs is 1. The number of nitrogens with zero attached hydrogens (tertiary/aromatic N) is 2. The molecule has 54 valence electrons. The SMILES string of the molecule is CC1=N[C@]2(C)[C@H]1C(=O)N2C. The average Bonchev–Trinajstić information content (AvgIpc) is 1.85. The lowest BCUT2D eigenvalue weighted by Gasteiger charge is -2.57. The molecule has 3 heteroatoms. The first-order valence-electron chi connectivity index (χ1n) is 3.41. The van der Waals surface area contributed by atoms with Crippen molar-refractivity contribution in [3.63, 3.8) is 0 Å². The highest BCUT2D eigenvalue weighted by Gasteiger charge is 2.62. The van der Waals surface area contributed by atoms with Crippen LogP contribution in [0.15, 0.2) is 4.99 Å². The number of hydrogen-bond acceptors (Lipinski definition) is 2. The number of hydrogen-bond donors (Lipinski definition) is 0. The molecule has 2 atom stereocenters. The van der Waals surface area contributed by atoms with Gasteiger partial charge in [-0.25, -0.2) is 0 Å². The summed E-state index contributed by atoms with van der Waals surface area (Å²) in [5.41, 5.74) is 0.826. The van der Waals surface area contributed by atoms with Gasteiger partial charge in [0.2, 0.25) is 5.91 Å². The number of amides is 1. The Morgan fingerprint density at radius 3 is 2.60 bits per heavy atom. The van der Waals surface area contributed by atoms with Crippen LogP contribution < -0.4 is 0 Å². The van der Waals surface area contributed by atoms with Gasteiger partial charge >= 0.3 is 0 Å². The largest absolute Gasteiger partial charge is 0.319 e. The van der Waals surface area contributed by atoms with Gasteiger partial charge in [-0.2, -0.15) is 0 Å². The number of aliphatic imine (C=N–C) groups is 1. The van der Waals surface area contributed by atoms with Crippen molar-refractivity contribution in [1.29, 1.82) is 0 Å². The molecule has 10 heavy (non-hydrogen) atoms. The van der Waals surface area contributed by atoms with Gasteiger partial charge in [0.05, 0.1) is 0 Å². The van der Waals surface area contributed by atoms with Crippen LogP contribution in [0.4, 0.5) is 0 Å². The van der Waals surface area contributed by atoms with Crippen LogP contribution in [-0.4, -0.2) is 29.2 Å². The molecule has 0 radical (unpaired) electrons. The summed E-state index contributed by atoms with van der Waals surface area (Å²) >= 11 is 0. The fourth-order valence-corrected chi connectivity index (χ4v) is 1.85. The lowest BCUT2D eigenvalue weighted by molar-refractivity contribution is -0.161. The molecule has 0 bridgehead atoms. The van der Waals surface area contributed by atoms with E-state index in [-0.39, 0.29) is 17.5 Å². The van der Waals surface area contributed by atoms with Crippen molar-refractivity contribution in [2.75, 3.05) is 7.05 Å². The van der Waals surface area contributed by atoms with Crippen LogP contribution in [0.2, 0.25) is 0 Å². The second-order valence-corrected chi connectivity index (χ2v) is 3.18. The highest BCUT2D eigenvalue weighted by atomic mass is 16.2. The first-order chi connectivity index (χ1) is 4.57. The molecule has 0 spiro atoms. The molecule has 0 N–H and O–H groups in total. The molecule has 0 unspecified atom stereocenters. The highest BCUT2D eigenvalue weighted by Crippen LogP contribution is 2.45. The highest BCUT2D eigenvalue weighted by molar-refractivity contribution is 6.13. The summed E-state index contributed by atoms with van der Waals surface area (Å²) < 4.78 is 0. The maximum Gasteiger partial charge on any atom is 0.237 e. The fraction of sp³-hybridized carbons (Fsp3) is 0.714. The standard InChI is InChI=1S/C7H10N2O/c1-4-5-6(10)9(3)7(5,2)8-4/h5H,1-3H3/t5-,7+/m1/s1. The fourth-order valence-electron chi connectivity index (χ4n) is 1.85. The second kappa shape index (κ2) is 1.26. The molecule has 1 amide bonds. The Balaban J connectivity index is 2.37. The van der Waals surface area contributed by atoms with Crippen LogP contribution in [0.5, 0.6) is 0 Å². The summed E-state index contributed by atoms with van der Waals surface area (Å²) in [6.07, 6.45) is 0. The van der Waals surface area contributed by atoms with Crippen LogP contribution in [0.1, 0.15) is 13.8 Å². The molecule has 3 nitrogen and oxygen atoms in total. The minimum Gasteiger partial charge on any atom is -0.319 e. The van der Waals surface area contributed by atoms with Crippen molar-refractivity contribution < 1.29 is 4.79 Å². The van der Waals surface area contributed by atoms with Gasteiger partial charge in [0, 0.05) is 12.8 Å². The number of rotatable bonds is 0. The smallest absolute Gasteiger partial charge is 0.237 e. The predicted molar refractivity (Wildman–Crippen MR) is 37.8 cm³/mol. The van der Waals surface area contributed by atoms with E-state index in [1.54, 1.807) is 11.9 Å². The molecular formula is C7H10N2O. The molecule has 2 aliphatic heterocycles. The first kappa shape index (κ1) is 5.89. The van der Waals surface area contributed by atoms with E-state index >= 15 is 0 Å². The Morgan fingerprint density at radius 1 is 1.70 bits per heavy atom. The van der Waals surface area contributed by atoms with Crippen LogP contribution >= 0.6 is 0 Å². The van der Waals surface area contributed by atoms with Crippen LogP contribution in [0, 0.1) is 5.92 Å². The van der Waals surface area contributed by atoms with E-state index in [1.807, 2.05) is 13.8 Å². The Morgan fingerprint density at radius 2 is 2.30 bits per heavy atom. The molecule has 0 saturated carbocycles. The van der Waals surface area contributed by atoms with Crippen LogP contribution in [0.25, 0.3) is 0 Å². The number of likely N-dealkylation sites (tertiary alicyclic amines) is 1. The summed E-state index contributed by atoms with van der Waals surface area (Å²) in [6, 6.07) is 0. The third kappa shape index (κ3) is 0.340. The summed E-state index contributed by atoms with van der Waals surface area (Å²) in [6.45, 7) is 3.91. The molecule has 2 rings (SSSR count). The topological polar surface area (TPSA) is 32.7 Å². The van der Waals surface area contributed by atoms with Crippen molar-refractivity contribution in [3.05, 3.63) is 0 Å². The van der Waals surface area contributed by atoms with Gasteiger partial charge < -0.3 is 4.90 Å². The number of carbonyl (C=O) groups excluding carboxylic acids is 1. The summed E-state index contributed by atoms with van der Waals surface area (Å²) in [7, 11) is 1.80. The second-order valence-electron chi connectivity index (χ2n) is 3.18. The Labute approximate surface area is 59.7 Å². The molecule has 2 aliphatic rings. The zero-order valence-electron chi connectivity index (χ0n) is 6.38. The van der Waals surface area contributed by atoms with E-state index < -0.39 is 0 Å². The minimum absolute atomic E-state index is 0.109. The zero-order chi connectivity index (χ0) is 7.52. The average molecular weight is 138 g/mol. The molecule has 0 aromatic carbocycles. The van der Waals surface area contributed by atoms with E-state index in [9.17, 15) is 4.79 Å². The van der Waals surface area contributed by atoms with Crippen molar-refractivity contribution in [2.24, 2.45) is 10.9 Å². The van der Waals surface area contributed by atoms with Gasteiger partial charge in [-0.05, 0) is 13.8 Å². The molecule has 1 fully saturated rings. The molecule has 0 aliphatic carbocycles. The van der Waals surface area contributed by atoms with Crippen molar-refractivity contribution in [3.8, 4) is 0 Å². The maximum atomic E-state index is 11.1. The van der Waals surface area contributed by atoms with Crippen molar-refractivity contribution >= 4 is 11.6 Å². The Bertz CT molecular complexity index is 246. The van der Waals surface area contributed by atoms with Crippen molar-refractivity contribution in [2.45, 2.75) is 19.5 Å². The zero-order valence-corrected chi connectivity index (χ0v) is 6.38.